The van der Waals surface area contributed by atoms with Gasteiger partial charge in [0.2, 0.25) is 0 Å². The molecule has 0 unspecified atom stereocenters. The van der Waals surface area contributed by atoms with Crippen LogP contribution < -0.4 is 11.1 Å². The van der Waals surface area contributed by atoms with Crippen molar-refractivity contribution < 1.29 is 0 Å². The van der Waals surface area contributed by atoms with Crippen LogP contribution in [0.5, 0.6) is 0 Å². The maximum atomic E-state index is 11.9. The summed E-state index contributed by atoms with van der Waals surface area (Å²) in [6, 6.07) is 5.23. The Morgan fingerprint density at radius 1 is 1.37 bits per heavy atom. The lowest BCUT2D eigenvalue weighted by Crippen LogP contribution is -2.22. The van der Waals surface area contributed by atoms with Crippen LogP contribution in [0.25, 0.3) is 10.2 Å². The van der Waals surface area contributed by atoms with Crippen molar-refractivity contribution in [3.05, 3.63) is 60.8 Å². The van der Waals surface area contributed by atoms with E-state index < -0.39 is 0 Å². The summed E-state index contributed by atoms with van der Waals surface area (Å²) in [5.74, 6) is 0.469. The highest BCUT2D eigenvalue weighted by Gasteiger charge is 2.07. The van der Waals surface area contributed by atoms with Crippen LogP contribution >= 0.6 is 27.3 Å². The average Bonchev–Trinajstić information content (AvgIpc) is 2.84. The van der Waals surface area contributed by atoms with E-state index in [1.54, 1.807) is 24.4 Å². The number of halogens is 1. The molecular formula is C12H8BrN3O2S. The summed E-state index contributed by atoms with van der Waals surface area (Å²) in [7, 11) is 0. The Morgan fingerprint density at radius 3 is 3.05 bits per heavy atom. The number of fused-ring (bicyclic) bond motifs is 1. The minimum atomic E-state index is -0.168. The van der Waals surface area contributed by atoms with Crippen LogP contribution in [-0.2, 0) is 6.54 Å². The number of nitrogens with one attached hydrogen (secondary N) is 1. The molecule has 1 N–H and O–H groups in total. The van der Waals surface area contributed by atoms with Crippen molar-refractivity contribution in [2.75, 3.05) is 0 Å². The Morgan fingerprint density at radius 2 is 2.21 bits per heavy atom. The van der Waals surface area contributed by atoms with Gasteiger partial charge < -0.3 is 9.55 Å². The van der Waals surface area contributed by atoms with Gasteiger partial charge in [0.15, 0.2) is 0 Å². The zero-order valence-corrected chi connectivity index (χ0v) is 12.0. The first kappa shape index (κ1) is 12.3. The molecule has 0 aliphatic heterocycles. The molecule has 19 heavy (non-hydrogen) atoms. The first-order valence-corrected chi connectivity index (χ1v) is 7.14. The van der Waals surface area contributed by atoms with Crippen molar-refractivity contribution in [1.82, 2.24) is 14.5 Å². The highest BCUT2D eigenvalue weighted by atomic mass is 79.9. The SMILES string of the molecule is O=c1[nH]c(Cn2cccc(Br)c2=O)nc2ccsc12. The molecule has 0 aliphatic rings. The van der Waals surface area contributed by atoms with E-state index in [9.17, 15) is 9.59 Å². The molecule has 7 heteroatoms. The van der Waals surface area contributed by atoms with E-state index in [4.69, 9.17) is 0 Å². The van der Waals surface area contributed by atoms with Crippen molar-refractivity contribution in [2.24, 2.45) is 0 Å². The van der Waals surface area contributed by atoms with Gasteiger partial charge in [0.1, 0.15) is 10.5 Å². The second kappa shape index (κ2) is 4.75. The highest BCUT2D eigenvalue weighted by molar-refractivity contribution is 9.10. The topological polar surface area (TPSA) is 67.8 Å². The summed E-state index contributed by atoms with van der Waals surface area (Å²) in [5, 5.41) is 1.82. The third-order valence-electron chi connectivity index (χ3n) is 2.66. The number of hydrogen-bond donors (Lipinski definition) is 1. The number of H-pyrrole nitrogens is 1. The molecule has 3 rings (SSSR count). The standard InChI is InChI=1S/C12H8BrN3O2S/c13-7-2-1-4-16(12(7)18)6-9-14-8-3-5-19-10(8)11(17)15-9/h1-5H,6H2,(H,14,15,17). The number of thiophene rings is 1. The van der Waals surface area contributed by atoms with Crippen LogP contribution in [0.4, 0.5) is 0 Å². The molecule has 5 nitrogen and oxygen atoms in total. The Labute approximate surface area is 119 Å². The van der Waals surface area contributed by atoms with Crippen LogP contribution in [-0.4, -0.2) is 14.5 Å². The molecule has 0 fully saturated rings. The van der Waals surface area contributed by atoms with Crippen molar-refractivity contribution in [2.45, 2.75) is 6.54 Å². The molecule has 0 saturated carbocycles. The monoisotopic (exact) mass is 337 g/mol. The normalized spacial score (nSPS) is 11.0. The fourth-order valence-corrected chi connectivity index (χ4v) is 2.90. The minimum Gasteiger partial charge on any atom is -0.308 e. The van der Waals surface area contributed by atoms with Crippen LogP contribution in [0.2, 0.25) is 0 Å². The summed E-state index contributed by atoms with van der Waals surface area (Å²) in [6.45, 7) is 0.235. The number of nitrogens with zero attached hydrogens (tertiary/aromatic N) is 2. The van der Waals surface area contributed by atoms with E-state index in [-0.39, 0.29) is 17.7 Å². The summed E-state index contributed by atoms with van der Waals surface area (Å²) >= 11 is 4.54. The molecule has 0 bridgehead atoms. The average molecular weight is 338 g/mol. The lowest BCUT2D eigenvalue weighted by Gasteiger charge is -2.05. The lowest BCUT2D eigenvalue weighted by molar-refractivity contribution is 0.712. The number of aromatic amines is 1. The number of hydrogen-bond acceptors (Lipinski definition) is 4. The van der Waals surface area contributed by atoms with Crippen molar-refractivity contribution in [3.63, 3.8) is 0 Å². The van der Waals surface area contributed by atoms with E-state index in [1.165, 1.54) is 15.9 Å². The van der Waals surface area contributed by atoms with Crippen LogP contribution in [0, 0.1) is 0 Å². The predicted octanol–water partition coefficient (Wildman–Crippen LogP) is 1.96. The molecule has 0 aromatic carbocycles. The molecular weight excluding hydrogens is 330 g/mol. The molecule has 0 saturated heterocycles. The first-order chi connectivity index (χ1) is 9.15. The van der Waals surface area contributed by atoms with Gasteiger partial charge in [0, 0.05) is 6.20 Å². The Bertz CT molecular complexity index is 865. The maximum Gasteiger partial charge on any atom is 0.268 e. The first-order valence-electron chi connectivity index (χ1n) is 5.46. The largest absolute Gasteiger partial charge is 0.308 e. The summed E-state index contributed by atoms with van der Waals surface area (Å²) in [5.41, 5.74) is 0.334. The van der Waals surface area contributed by atoms with Crippen LogP contribution in [0.3, 0.4) is 0 Å². The molecule has 0 radical (unpaired) electrons. The fraction of sp³-hybridized carbons (Fsp3) is 0.0833. The number of pyridine rings is 1. The van der Waals surface area contributed by atoms with Gasteiger partial charge in [-0.25, -0.2) is 4.98 Å². The van der Waals surface area contributed by atoms with Gasteiger partial charge in [-0.2, -0.15) is 0 Å². The third-order valence-corrected chi connectivity index (χ3v) is 4.16. The van der Waals surface area contributed by atoms with E-state index >= 15 is 0 Å². The van der Waals surface area contributed by atoms with Gasteiger partial charge in [-0.05, 0) is 39.5 Å². The van der Waals surface area contributed by atoms with E-state index in [2.05, 4.69) is 25.9 Å². The van der Waals surface area contributed by atoms with E-state index in [0.717, 1.165) is 0 Å². The molecule has 0 spiro atoms. The second-order valence-electron chi connectivity index (χ2n) is 3.94. The van der Waals surface area contributed by atoms with Gasteiger partial charge in [-0.3, -0.25) is 9.59 Å². The number of aromatic nitrogens is 3. The maximum absolute atomic E-state index is 11.9. The Kier molecular flexibility index (Phi) is 3.08. The molecule has 3 aromatic heterocycles. The molecule has 3 aromatic rings. The van der Waals surface area contributed by atoms with Gasteiger partial charge in [-0.15, -0.1) is 11.3 Å². The van der Waals surface area contributed by atoms with Gasteiger partial charge >= 0.3 is 0 Å². The summed E-state index contributed by atoms with van der Waals surface area (Å²) in [4.78, 5) is 30.7. The zero-order valence-electron chi connectivity index (χ0n) is 9.59. The van der Waals surface area contributed by atoms with Crippen LogP contribution in [0.1, 0.15) is 5.82 Å². The summed E-state index contributed by atoms with van der Waals surface area (Å²) in [6.07, 6.45) is 1.66. The molecule has 0 aliphatic carbocycles. The van der Waals surface area contributed by atoms with Crippen molar-refractivity contribution >= 4 is 37.5 Å². The Balaban J connectivity index is 2.08. The van der Waals surface area contributed by atoms with E-state index in [1.807, 2.05) is 5.38 Å². The lowest BCUT2D eigenvalue weighted by atomic mass is 10.4. The number of rotatable bonds is 2. The van der Waals surface area contributed by atoms with Crippen molar-refractivity contribution in [3.8, 4) is 0 Å². The quantitative estimate of drug-likeness (QED) is 0.777. The predicted molar refractivity (Wildman–Crippen MR) is 77.7 cm³/mol. The Hall–Kier alpha value is -1.73. The minimum absolute atomic E-state index is 0.157. The molecule has 3 heterocycles. The molecule has 0 atom stereocenters. The molecule has 96 valence electrons. The highest BCUT2D eigenvalue weighted by Crippen LogP contribution is 2.13. The van der Waals surface area contributed by atoms with Crippen molar-refractivity contribution in [1.29, 1.82) is 0 Å². The smallest absolute Gasteiger partial charge is 0.268 e. The van der Waals surface area contributed by atoms with Crippen LogP contribution in [0.15, 0.2) is 43.8 Å². The second-order valence-corrected chi connectivity index (χ2v) is 5.71. The van der Waals surface area contributed by atoms with Gasteiger partial charge in [0.25, 0.3) is 11.1 Å². The third kappa shape index (κ3) is 2.26. The fourth-order valence-electron chi connectivity index (χ4n) is 1.79. The van der Waals surface area contributed by atoms with Gasteiger partial charge in [0.05, 0.1) is 16.5 Å². The van der Waals surface area contributed by atoms with E-state index in [0.29, 0.717) is 20.5 Å². The summed E-state index contributed by atoms with van der Waals surface area (Å²) < 4.78 is 2.57. The molecule has 0 amide bonds. The van der Waals surface area contributed by atoms with Gasteiger partial charge in [-0.1, -0.05) is 0 Å². The zero-order chi connectivity index (χ0) is 13.4.